The summed E-state index contributed by atoms with van der Waals surface area (Å²) in [7, 11) is 3.09. The van der Waals surface area contributed by atoms with Crippen LogP contribution in [0.1, 0.15) is 55.0 Å². The minimum absolute atomic E-state index is 0.142. The molecule has 3 heterocycles. The topological polar surface area (TPSA) is 112 Å². The Morgan fingerprint density at radius 1 is 1.14 bits per heavy atom. The second-order valence-corrected chi connectivity index (χ2v) is 9.24. The van der Waals surface area contributed by atoms with Crippen LogP contribution in [0.2, 0.25) is 0 Å². The fourth-order valence-corrected chi connectivity index (χ4v) is 5.03. The van der Waals surface area contributed by atoms with Crippen molar-refractivity contribution in [3.8, 4) is 11.3 Å². The van der Waals surface area contributed by atoms with E-state index in [2.05, 4.69) is 10.4 Å². The quantitative estimate of drug-likeness (QED) is 0.354. The third kappa shape index (κ3) is 4.72. The van der Waals surface area contributed by atoms with Crippen LogP contribution >= 0.6 is 11.3 Å². The predicted octanol–water partition coefficient (Wildman–Crippen LogP) is 4.92. The number of amides is 1. The second kappa shape index (κ2) is 10.3. The van der Waals surface area contributed by atoms with Crippen LogP contribution in [0, 0.1) is 13.8 Å². The first-order valence-electron chi connectivity index (χ1n) is 11.4. The number of nitrogens with zero attached hydrogens (tertiary/aromatic N) is 3. The van der Waals surface area contributed by atoms with E-state index in [0.717, 1.165) is 22.6 Å². The number of hydrogen-bond acceptors (Lipinski definition) is 8. The highest BCUT2D eigenvalue weighted by molar-refractivity contribution is 7.18. The zero-order valence-electron chi connectivity index (χ0n) is 20.7. The van der Waals surface area contributed by atoms with Crippen LogP contribution in [-0.4, -0.2) is 46.3 Å². The van der Waals surface area contributed by atoms with Gasteiger partial charge in [0.25, 0.3) is 5.91 Å². The van der Waals surface area contributed by atoms with Gasteiger partial charge in [-0.3, -0.25) is 9.48 Å². The molecule has 0 aliphatic heterocycles. The van der Waals surface area contributed by atoms with Crippen molar-refractivity contribution < 1.29 is 23.9 Å². The summed E-state index contributed by atoms with van der Waals surface area (Å²) < 4.78 is 11.9. The fourth-order valence-electron chi connectivity index (χ4n) is 3.92. The van der Waals surface area contributed by atoms with E-state index in [1.54, 1.807) is 17.7 Å². The van der Waals surface area contributed by atoms with Crippen LogP contribution < -0.4 is 5.32 Å². The Balaban J connectivity index is 1.81. The molecule has 1 amide bonds. The van der Waals surface area contributed by atoms with Gasteiger partial charge in [-0.05, 0) is 38.0 Å². The van der Waals surface area contributed by atoms with Crippen molar-refractivity contribution >= 4 is 45.1 Å². The Bertz CT molecular complexity index is 1490. The number of rotatable bonds is 7. The number of esters is 2. The Kier molecular flexibility index (Phi) is 7.16. The molecule has 0 unspecified atom stereocenters. The van der Waals surface area contributed by atoms with Crippen LogP contribution in [0.3, 0.4) is 0 Å². The number of aryl methyl sites for hydroxylation is 2. The molecule has 186 valence electrons. The third-order valence-corrected chi connectivity index (χ3v) is 6.82. The zero-order chi connectivity index (χ0) is 26.0. The normalized spacial score (nSPS) is 10.9. The number of carbonyl (C=O) groups is 3. The molecule has 4 aromatic rings. The van der Waals surface area contributed by atoms with E-state index in [4.69, 9.17) is 14.5 Å². The summed E-state index contributed by atoms with van der Waals surface area (Å²) in [5, 5.41) is 8.09. The number of para-hydroxylation sites is 1. The number of fused-ring (bicyclic) bond motifs is 1. The number of methoxy groups -OCH3 is 1. The Morgan fingerprint density at radius 2 is 1.89 bits per heavy atom. The summed E-state index contributed by atoms with van der Waals surface area (Å²) in [4.78, 5) is 43.7. The molecule has 9 nitrogen and oxygen atoms in total. The minimum atomic E-state index is -0.609. The van der Waals surface area contributed by atoms with Gasteiger partial charge in [-0.1, -0.05) is 25.1 Å². The molecular formula is C26H26N4O5S. The Morgan fingerprint density at radius 3 is 2.56 bits per heavy atom. The first-order valence-corrected chi connectivity index (χ1v) is 12.2. The van der Waals surface area contributed by atoms with Gasteiger partial charge in [-0.25, -0.2) is 14.6 Å². The van der Waals surface area contributed by atoms with E-state index in [1.165, 1.54) is 7.11 Å². The summed E-state index contributed by atoms with van der Waals surface area (Å²) in [6, 6.07) is 9.03. The summed E-state index contributed by atoms with van der Waals surface area (Å²) in [5.41, 5.74) is 3.74. The van der Waals surface area contributed by atoms with Crippen molar-refractivity contribution in [3.05, 3.63) is 63.8 Å². The summed E-state index contributed by atoms with van der Waals surface area (Å²) in [6.07, 6.45) is 2.49. The van der Waals surface area contributed by atoms with E-state index < -0.39 is 17.8 Å². The van der Waals surface area contributed by atoms with E-state index >= 15 is 0 Å². The lowest BCUT2D eigenvalue weighted by molar-refractivity contribution is 0.0506. The number of ether oxygens (including phenoxy) is 2. The van der Waals surface area contributed by atoms with Gasteiger partial charge in [-0.2, -0.15) is 5.10 Å². The van der Waals surface area contributed by atoms with Gasteiger partial charge in [0, 0.05) is 24.2 Å². The molecule has 0 spiro atoms. The number of pyridine rings is 1. The molecule has 4 rings (SSSR count). The molecule has 3 aromatic heterocycles. The monoisotopic (exact) mass is 506 g/mol. The van der Waals surface area contributed by atoms with Gasteiger partial charge < -0.3 is 14.8 Å². The molecule has 0 aliphatic carbocycles. The number of benzene rings is 1. The fraction of sp³-hybridized carbons (Fsp3) is 0.269. The van der Waals surface area contributed by atoms with Crippen molar-refractivity contribution in [1.29, 1.82) is 0 Å². The van der Waals surface area contributed by atoms with Crippen molar-refractivity contribution in [2.24, 2.45) is 7.05 Å². The van der Waals surface area contributed by atoms with Crippen LogP contribution in [0.15, 0.2) is 36.5 Å². The highest BCUT2D eigenvalue weighted by atomic mass is 32.1. The van der Waals surface area contributed by atoms with E-state index in [9.17, 15) is 14.4 Å². The second-order valence-electron chi connectivity index (χ2n) is 8.22. The zero-order valence-corrected chi connectivity index (χ0v) is 21.5. The van der Waals surface area contributed by atoms with Gasteiger partial charge in [0.05, 0.1) is 41.7 Å². The van der Waals surface area contributed by atoms with Crippen LogP contribution in [0.4, 0.5) is 5.00 Å². The summed E-state index contributed by atoms with van der Waals surface area (Å²) >= 11 is 0.979. The molecule has 0 fully saturated rings. The molecule has 1 aromatic carbocycles. The van der Waals surface area contributed by atoms with E-state index in [1.807, 2.05) is 51.4 Å². The molecule has 10 heteroatoms. The van der Waals surface area contributed by atoms with Crippen molar-refractivity contribution in [2.75, 3.05) is 19.0 Å². The smallest absolute Gasteiger partial charge is 0.348 e. The molecular weight excluding hydrogens is 480 g/mol. The van der Waals surface area contributed by atoms with Crippen LogP contribution in [0.25, 0.3) is 22.2 Å². The SMILES string of the molecule is CCCOC(=O)c1c(NC(=O)c2cc(-c3cn(C)nc3C)nc3ccccc23)sc(C(=O)OC)c1C. The number of thiophene rings is 1. The molecule has 0 radical (unpaired) electrons. The van der Waals surface area contributed by atoms with Crippen molar-refractivity contribution in [1.82, 2.24) is 14.8 Å². The number of aromatic nitrogens is 3. The Hall–Kier alpha value is -4.05. The number of hydrogen-bond donors (Lipinski definition) is 1. The van der Waals surface area contributed by atoms with Gasteiger partial charge >= 0.3 is 11.9 Å². The predicted molar refractivity (Wildman–Crippen MR) is 138 cm³/mol. The molecule has 0 atom stereocenters. The largest absolute Gasteiger partial charge is 0.465 e. The van der Waals surface area contributed by atoms with E-state index in [-0.39, 0.29) is 22.0 Å². The van der Waals surface area contributed by atoms with Crippen molar-refractivity contribution in [2.45, 2.75) is 27.2 Å². The average Bonchev–Trinajstić information content (AvgIpc) is 3.38. The van der Waals surface area contributed by atoms with Gasteiger partial charge in [0.2, 0.25) is 0 Å². The molecule has 1 N–H and O–H groups in total. The molecule has 0 bridgehead atoms. The first kappa shape index (κ1) is 25.1. The third-order valence-electron chi connectivity index (χ3n) is 5.64. The summed E-state index contributed by atoms with van der Waals surface area (Å²) in [5.74, 6) is -1.65. The number of carbonyl (C=O) groups excluding carboxylic acids is 3. The van der Waals surface area contributed by atoms with Crippen LogP contribution in [0.5, 0.6) is 0 Å². The van der Waals surface area contributed by atoms with Gasteiger partial charge in [-0.15, -0.1) is 11.3 Å². The van der Waals surface area contributed by atoms with Gasteiger partial charge in [0.15, 0.2) is 0 Å². The lowest BCUT2D eigenvalue weighted by Gasteiger charge is -2.11. The highest BCUT2D eigenvalue weighted by Gasteiger charge is 2.28. The number of anilines is 1. The standard InChI is InChI=1S/C26H26N4O5S/c1-6-11-35-25(32)21-14(2)22(26(33)34-5)36-24(21)28-23(31)17-12-20(18-13-30(4)29-15(18)3)27-19-10-8-7-9-16(17)19/h7-10,12-13H,6,11H2,1-5H3,(H,28,31). The molecule has 0 saturated heterocycles. The highest BCUT2D eigenvalue weighted by Crippen LogP contribution is 2.35. The maximum absolute atomic E-state index is 13.6. The number of nitrogens with one attached hydrogen (secondary N) is 1. The maximum atomic E-state index is 13.6. The van der Waals surface area contributed by atoms with Crippen molar-refractivity contribution in [3.63, 3.8) is 0 Å². The molecule has 36 heavy (non-hydrogen) atoms. The maximum Gasteiger partial charge on any atom is 0.348 e. The molecule has 0 saturated carbocycles. The summed E-state index contributed by atoms with van der Waals surface area (Å²) in [6.45, 7) is 5.61. The lowest BCUT2D eigenvalue weighted by atomic mass is 10.0. The van der Waals surface area contributed by atoms with Crippen LogP contribution in [-0.2, 0) is 16.5 Å². The molecule has 0 aliphatic rings. The van der Waals surface area contributed by atoms with Gasteiger partial charge in [0.1, 0.15) is 9.88 Å². The van der Waals surface area contributed by atoms with E-state index in [0.29, 0.717) is 34.1 Å². The lowest BCUT2D eigenvalue weighted by Crippen LogP contribution is -2.16. The average molecular weight is 507 g/mol. The minimum Gasteiger partial charge on any atom is -0.465 e. The Labute approximate surface area is 212 Å². The first-order chi connectivity index (χ1) is 17.2.